The molecule has 10 heteroatoms. The van der Waals surface area contributed by atoms with Crippen LogP contribution in [0, 0.1) is 12.7 Å². The Kier molecular flexibility index (Phi) is 6.95. The highest BCUT2D eigenvalue weighted by atomic mass is 32.2. The van der Waals surface area contributed by atoms with Gasteiger partial charge in [-0.05, 0) is 61.5 Å². The van der Waals surface area contributed by atoms with Crippen LogP contribution in [0.2, 0.25) is 0 Å². The van der Waals surface area contributed by atoms with Gasteiger partial charge in [-0.25, -0.2) is 21.2 Å². The molecule has 168 valence electrons. The zero-order valence-electron chi connectivity index (χ0n) is 17.1. The summed E-state index contributed by atoms with van der Waals surface area (Å²) in [4.78, 5) is 12.2. The number of benzene rings is 3. The van der Waals surface area contributed by atoms with Crippen molar-refractivity contribution < 1.29 is 26.0 Å². The van der Waals surface area contributed by atoms with E-state index in [2.05, 4.69) is 10.0 Å². The summed E-state index contributed by atoms with van der Waals surface area (Å²) >= 11 is 0. The molecule has 32 heavy (non-hydrogen) atoms. The van der Waals surface area contributed by atoms with Crippen LogP contribution >= 0.6 is 0 Å². The van der Waals surface area contributed by atoms with Crippen molar-refractivity contribution in [2.45, 2.75) is 23.1 Å². The predicted octanol–water partition coefficient (Wildman–Crippen LogP) is 3.74. The van der Waals surface area contributed by atoms with E-state index in [-0.39, 0.29) is 27.7 Å². The van der Waals surface area contributed by atoms with Crippen LogP contribution in [0.1, 0.15) is 12.0 Å². The number of anilines is 2. The molecule has 0 saturated carbocycles. The number of sulfone groups is 1. The molecule has 1 amide bonds. The largest absolute Gasteiger partial charge is 0.326 e. The number of hydrogen-bond donors (Lipinski definition) is 2. The van der Waals surface area contributed by atoms with Crippen LogP contribution in [0.15, 0.2) is 82.6 Å². The fourth-order valence-corrected chi connectivity index (χ4v) is 5.09. The van der Waals surface area contributed by atoms with E-state index < -0.39 is 31.6 Å². The maximum absolute atomic E-state index is 13.3. The number of nitrogens with one attached hydrogen (secondary N) is 2. The van der Waals surface area contributed by atoms with E-state index in [9.17, 15) is 26.0 Å². The zero-order chi connectivity index (χ0) is 23.4. The second-order valence-electron chi connectivity index (χ2n) is 7.07. The Bertz CT molecular complexity index is 1320. The van der Waals surface area contributed by atoms with Crippen molar-refractivity contribution >= 4 is 37.1 Å². The lowest BCUT2D eigenvalue weighted by Gasteiger charge is -2.10. The van der Waals surface area contributed by atoms with Crippen molar-refractivity contribution in [3.05, 3.63) is 84.2 Å². The standard InChI is InChI=1S/C22H21FN2O5S2/c1-16-5-9-20(10-6-16)31(27,28)14-13-22(26)24-18-7-11-21(12-8-18)32(29,30)25-19-4-2-3-17(23)15-19/h2-12,15,25H,13-14H2,1H3,(H,24,26). The molecule has 2 N–H and O–H groups in total. The minimum Gasteiger partial charge on any atom is -0.326 e. The third-order valence-corrected chi connectivity index (χ3v) is 7.63. The van der Waals surface area contributed by atoms with Crippen molar-refractivity contribution in [1.82, 2.24) is 0 Å². The first-order chi connectivity index (χ1) is 15.0. The van der Waals surface area contributed by atoms with Gasteiger partial charge in [0.15, 0.2) is 9.84 Å². The van der Waals surface area contributed by atoms with Gasteiger partial charge in [0, 0.05) is 12.1 Å². The maximum atomic E-state index is 13.3. The summed E-state index contributed by atoms with van der Waals surface area (Å²) in [6.07, 6.45) is -0.253. The molecule has 0 spiro atoms. The van der Waals surface area contributed by atoms with Crippen LogP contribution < -0.4 is 10.0 Å². The number of carbonyl (C=O) groups is 1. The molecule has 3 aromatic carbocycles. The second-order valence-corrected chi connectivity index (χ2v) is 10.9. The van der Waals surface area contributed by atoms with Crippen LogP contribution in [0.4, 0.5) is 15.8 Å². The highest BCUT2D eigenvalue weighted by Crippen LogP contribution is 2.19. The number of sulfonamides is 1. The van der Waals surface area contributed by atoms with Gasteiger partial charge in [-0.3, -0.25) is 9.52 Å². The summed E-state index contributed by atoms with van der Waals surface area (Å²) in [5.74, 6) is -1.45. The summed E-state index contributed by atoms with van der Waals surface area (Å²) in [6, 6.07) is 16.7. The molecule has 0 aromatic heterocycles. The second kappa shape index (κ2) is 9.49. The Morgan fingerprint density at radius 2 is 1.47 bits per heavy atom. The number of aryl methyl sites for hydroxylation is 1. The van der Waals surface area contributed by atoms with Gasteiger partial charge in [-0.2, -0.15) is 0 Å². The van der Waals surface area contributed by atoms with Crippen molar-refractivity contribution in [2.24, 2.45) is 0 Å². The number of hydrogen-bond acceptors (Lipinski definition) is 5. The molecule has 0 aliphatic heterocycles. The summed E-state index contributed by atoms with van der Waals surface area (Å²) in [7, 11) is -7.55. The van der Waals surface area contributed by atoms with Crippen LogP contribution in [0.5, 0.6) is 0 Å². The first-order valence-electron chi connectivity index (χ1n) is 9.53. The van der Waals surface area contributed by atoms with E-state index in [1.165, 1.54) is 54.6 Å². The molecule has 0 aliphatic carbocycles. The lowest BCUT2D eigenvalue weighted by molar-refractivity contribution is -0.115. The van der Waals surface area contributed by atoms with Crippen LogP contribution in [0.25, 0.3) is 0 Å². The fourth-order valence-electron chi connectivity index (χ4n) is 2.80. The lowest BCUT2D eigenvalue weighted by Crippen LogP contribution is -2.17. The number of amides is 1. The van der Waals surface area contributed by atoms with E-state index >= 15 is 0 Å². The summed E-state index contributed by atoms with van der Waals surface area (Å²) in [6.45, 7) is 1.85. The Morgan fingerprint density at radius 3 is 2.09 bits per heavy atom. The summed E-state index contributed by atoms with van der Waals surface area (Å²) in [5, 5.41) is 2.54. The Hall–Kier alpha value is -3.24. The van der Waals surface area contributed by atoms with Gasteiger partial charge in [0.05, 0.1) is 21.2 Å². The average molecular weight is 477 g/mol. The summed E-state index contributed by atoms with van der Waals surface area (Å²) < 4.78 is 65.1. The van der Waals surface area contributed by atoms with Gasteiger partial charge in [-0.1, -0.05) is 23.8 Å². The highest BCUT2D eigenvalue weighted by molar-refractivity contribution is 7.92. The van der Waals surface area contributed by atoms with Crippen LogP contribution in [-0.4, -0.2) is 28.5 Å². The molecule has 0 bridgehead atoms. The van der Waals surface area contributed by atoms with E-state index in [0.717, 1.165) is 11.6 Å². The molecule has 3 aromatic rings. The number of carbonyl (C=O) groups excluding carboxylic acids is 1. The lowest BCUT2D eigenvalue weighted by atomic mass is 10.2. The van der Waals surface area contributed by atoms with Crippen molar-refractivity contribution in [1.29, 1.82) is 0 Å². The molecule has 0 atom stereocenters. The molecular formula is C22H21FN2O5S2. The maximum Gasteiger partial charge on any atom is 0.261 e. The minimum absolute atomic E-state index is 0.0807. The van der Waals surface area contributed by atoms with Crippen LogP contribution in [-0.2, 0) is 24.7 Å². The first kappa shape index (κ1) is 23.4. The molecule has 0 fully saturated rings. The molecule has 0 heterocycles. The van der Waals surface area contributed by atoms with Gasteiger partial charge in [0.2, 0.25) is 5.91 Å². The monoisotopic (exact) mass is 476 g/mol. The Morgan fingerprint density at radius 1 is 0.844 bits per heavy atom. The molecule has 0 unspecified atom stereocenters. The van der Waals surface area contributed by atoms with Gasteiger partial charge < -0.3 is 5.32 Å². The van der Waals surface area contributed by atoms with Crippen molar-refractivity contribution in [3.8, 4) is 0 Å². The quantitative estimate of drug-likeness (QED) is 0.515. The number of rotatable bonds is 8. The molecule has 0 saturated heterocycles. The average Bonchev–Trinajstić information content (AvgIpc) is 2.73. The normalized spacial score (nSPS) is 11.7. The third-order valence-electron chi connectivity index (χ3n) is 4.50. The van der Waals surface area contributed by atoms with Gasteiger partial charge in [0.25, 0.3) is 10.0 Å². The number of halogens is 1. The molecular weight excluding hydrogens is 455 g/mol. The van der Waals surface area contributed by atoms with Crippen LogP contribution in [0.3, 0.4) is 0 Å². The zero-order valence-corrected chi connectivity index (χ0v) is 18.7. The minimum atomic E-state index is -3.95. The SMILES string of the molecule is Cc1ccc(S(=O)(=O)CCC(=O)Nc2ccc(S(=O)(=O)Nc3cccc(F)c3)cc2)cc1. The topological polar surface area (TPSA) is 109 Å². The van der Waals surface area contributed by atoms with E-state index in [1.54, 1.807) is 12.1 Å². The smallest absolute Gasteiger partial charge is 0.261 e. The molecule has 0 radical (unpaired) electrons. The molecule has 3 rings (SSSR count). The van der Waals surface area contributed by atoms with Crippen molar-refractivity contribution in [3.63, 3.8) is 0 Å². The first-order valence-corrected chi connectivity index (χ1v) is 12.7. The molecule has 7 nitrogen and oxygen atoms in total. The van der Waals surface area contributed by atoms with E-state index in [1.807, 2.05) is 6.92 Å². The van der Waals surface area contributed by atoms with Gasteiger partial charge in [-0.15, -0.1) is 0 Å². The van der Waals surface area contributed by atoms with Crippen molar-refractivity contribution in [2.75, 3.05) is 15.8 Å². The Labute approximate surface area is 186 Å². The van der Waals surface area contributed by atoms with Gasteiger partial charge >= 0.3 is 0 Å². The molecule has 0 aliphatic rings. The van der Waals surface area contributed by atoms with Gasteiger partial charge in [0.1, 0.15) is 5.82 Å². The summed E-state index contributed by atoms with van der Waals surface area (Å²) in [5.41, 5.74) is 1.32. The van der Waals surface area contributed by atoms with E-state index in [4.69, 9.17) is 0 Å². The highest BCUT2D eigenvalue weighted by Gasteiger charge is 2.17. The fraction of sp³-hybridized carbons (Fsp3) is 0.136. The van der Waals surface area contributed by atoms with E-state index in [0.29, 0.717) is 5.69 Å². The predicted molar refractivity (Wildman–Crippen MR) is 120 cm³/mol. The third kappa shape index (κ3) is 6.14. The Balaban J connectivity index is 1.60.